The Morgan fingerprint density at radius 3 is 2.37 bits per heavy atom. The van der Waals surface area contributed by atoms with Crippen LogP contribution >= 0.6 is 11.6 Å². The first-order chi connectivity index (χ1) is 17.0. The summed E-state index contributed by atoms with van der Waals surface area (Å²) in [6.45, 7) is 1.79. The van der Waals surface area contributed by atoms with Gasteiger partial charge in [0, 0.05) is 30.4 Å². The van der Waals surface area contributed by atoms with Crippen LogP contribution in [0.5, 0.6) is 5.75 Å². The molecule has 0 aliphatic heterocycles. The van der Waals surface area contributed by atoms with Crippen LogP contribution in [0.4, 0.5) is 20.3 Å². The van der Waals surface area contributed by atoms with E-state index in [1.54, 1.807) is 56.0 Å². The lowest BCUT2D eigenvalue weighted by Crippen LogP contribution is -2.09. The molecule has 3 heterocycles. The quantitative estimate of drug-likeness (QED) is 0.302. The molecule has 5 rings (SSSR count). The molecule has 1 N–H and O–H groups in total. The second kappa shape index (κ2) is 9.51. The molecule has 1 atom stereocenters. The number of hydrogen-bond donors (Lipinski definition) is 1. The summed E-state index contributed by atoms with van der Waals surface area (Å²) in [6, 6.07) is 9.22. The van der Waals surface area contributed by atoms with Crippen LogP contribution in [-0.2, 0) is 0 Å². The largest absolute Gasteiger partial charge is 0.482 e. The minimum Gasteiger partial charge on any atom is -0.482 e. The van der Waals surface area contributed by atoms with Crippen molar-refractivity contribution in [3.63, 3.8) is 0 Å². The third kappa shape index (κ3) is 4.56. The molecule has 0 aliphatic carbocycles. The average molecular weight is 492 g/mol. The third-order valence-corrected chi connectivity index (χ3v) is 5.41. The maximum Gasteiger partial charge on any atom is 0.168 e. The summed E-state index contributed by atoms with van der Waals surface area (Å²) in [5.41, 5.74) is 1.07. The van der Waals surface area contributed by atoms with Crippen molar-refractivity contribution in [1.82, 2.24) is 29.9 Å². The number of aromatic nitrogens is 6. The number of hydrogen-bond acceptors (Lipinski definition) is 8. The fourth-order valence-corrected chi connectivity index (χ4v) is 3.60. The number of anilines is 2. The van der Waals surface area contributed by atoms with Crippen molar-refractivity contribution >= 4 is 34.0 Å². The standard InChI is InChI=1S/C24H16ClF2N7O/c1-13(22-28-6-2-7-29-22)35-18-11-14(23-30-8-3-9-31-23)10-17-19(18)24(33-12-32-17)34-16-5-4-15(26)20(25)21(16)27/h2-13H,1H3,(H,32,33,34)/t13-/m0/s1. The van der Waals surface area contributed by atoms with Crippen LogP contribution in [0.25, 0.3) is 22.3 Å². The number of nitrogens with zero attached hydrogens (tertiary/aromatic N) is 6. The van der Waals surface area contributed by atoms with Crippen LogP contribution in [0.15, 0.2) is 67.5 Å². The molecule has 0 saturated heterocycles. The smallest absolute Gasteiger partial charge is 0.168 e. The van der Waals surface area contributed by atoms with Crippen molar-refractivity contribution < 1.29 is 13.5 Å². The van der Waals surface area contributed by atoms with E-state index in [-0.39, 0.29) is 11.5 Å². The van der Waals surface area contributed by atoms with Gasteiger partial charge in [0.25, 0.3) is 0 Å². The SMILES string of the molecule is C[C@H](Oc1cc(-c2ncccn2)cc2ncnc(Nc3ccc(F)c(Cl)c3F)c12)c1ncccn1. The van der Waals surface area contributed by atoms with Gasteiger partial charge in [-0.1, -0.05) is 11.6 Å². The summed E-state index contributed by atoms with van der Waals surface area (Å²) >= 11 is 5.75. The van der Waals surface area contributed by atoms with E-state index in [0.29, 0.717) is 33.9 Å². The summed E-state index contributed by atoms with van der Waals surface area (Å²) in [7, 11) is 0. The van der Waals surface area contributed by atoms with Gasteiger partial charge in [-0.2, -0.15) is 0 Å². The fraction of sp³-hybridized carbons (Fsp3) is 0.0833. The monoisotopic (exact) mass is 491 g/mol. The molecule has 35 heavy (non-hydrogen) atoms. The Labute approximate surface area is 203 Å². The van der Waals surface area contributed by atoms with Crippen molar-refractivity contribution in [3.8, 4) is 17.1 Å². The number of fused-ring (bicyclic) bond motifs is 1. The van der Waals surface area contributed by atoms with Crippen molar-refractivity contribution in [3.05, 3.63) is 90.0 Å². The van der Waals surface area contributed by atoms with Gasteiger partial charge in [-0.05, 0) is 43.3 Å². The lowest BCUT2D eigenvalue weighted by molar-refractivity contribution is 0.219. The molecule has 0 spiro atoms. The molecule has 11 heteroatoms. The first-order valence-electron chi connectivity index (χ1n) is 10.4. The molecule has 0 amide bonds. The van der Waals surface area contributed by atoms with Gasteiger partial charge in [0.1, 0.15) is 28.7 Å². The molecular formula is C24H16ClF2N7O. The zero-order valence-corrected chi connectivity index (χ0v) is 18.9. The molecule has 0 unspecified atom stereocenters. The zero-order chi connectivity index (χ0) is 24.4. The Morgan fingerprint density at radius 1 is 0.914 bits per heavy atom. The molecule has 2 aromatic carbocycles. The van der Waals surface area contributed by atoms with Crippen LogP contribution in [0.1, 0.15) is 18.9 Å². The van der Waals surface area contributed by atoms with Gasteiger partial charge >= 0.3 is 0 Å². The van der Waals surface area contributed by atoms with Crippen molar-refractivity contribution in [2.24, 2.45) is 0 Å². The number of benzene rings is 2. The summed E-state index contributed by atoms with van der Waals surface area (Å²) in [6.07, 6.45) is 7.26. The van der Waals surface area contributed by atoms with E-state index in [9.17, 15) is 8.78 Å². The Kier molecular flexibility index (Phi) is 6.11. The molecule has 0 aliphatic rings. The van der Waals surface area contributed by atoms with Gasteiger partial charge < -0.3 is 10.1 Å². The highest BCUT2D eigenvalue weighted by atomic mass is 35.5. The van der Waals surface area contributed by atoms with E-state index >= 15 is 0 Å². The molecule has 0 fully saturated rings. The lowest BCUT2D eigenvalue weighted by Gasteiger charge is -2.18. The highest BCUT2D eigenvalue weighted by Crippen LogP contribution is 2.38. The minimum absolute atomic E-state index is 0.0581. The first-order valence-corrected chi connectivity index (χ1v) is 10.8. The van der Waals surface area contributed by atoms with Crippen LogP contribution < -0.4 is 10.1 Å². The normalized spacial score (nSPS) is 11.9. The topological polar surface area (TPSA) is 98.6 Å². The highest BCUT2D eigenvalue weighted by molar-refractivity contribution is 6.31. The van der Waals surface area contributed by atoms with Crippen LogP contribution in [0.3, 0.4) is 0 Å². The Bertz CT molecular complexity index is 1510. The van der Waals surface area contributed by atoms with E-state index < -0.39 is 22.8 Å². The van der Waals surface area contributed by atoms with Gasteiger partial charge in [0.2, 0.25) is 0 Å². The average Bonchev–Trinajstić information content (AvgIpc) is 2.90. The third-order valence-electron chi connectivity index (χ3n) is 5.07. The first kappa shape index (κ1) is 22.5. The predicted octanol–water partition coefficient (Wildman–Crippen LogP) is 5.69. The summed E-state index contributed by atoms with van der Waals surface area (Å²) < 4.78 is 34.5. The Morgan fingerprint density at radius 2 is 1.63 bits per heavy atom. The Hall–Kier alpha value is -4.31. The maximum atomic E-state index is 14.6. The maximum absolute atomic E-state index is 14.6. The molecule has 0 radical (unpaired) electrons. The molecule has 8 nitrogen and oxygen atoms in total. The number of halogens is 3. The molecule has 174 valence electrons. The summed E-state index contributed by atoms with van der Waals surface area (Å²) in [5, 5.41) is 2.71. The fourth-order valence-electron chi connectivity index (χ4n) is 3.43. The van der Waals surface area contributed by atoms with Crippen molar-refractivity contribution in [2.45, 2.75) is 13.0 Å². The van der Waals surface area contributed by atoms with Crippen molar-refractivity contribution in [1.29, 1.82) is 0 Å². The van der Waals surface area contributed by atoms with E-state index in [1.807, 2.05) is 0 Å². The van der Waals surface area contributed by atoms with Crippen LogP contribution in [0, 0.1) is 11.6 Å². The molecule has 3 aromatic heterocycles. The van der Waals surface area contributed by atoms with E-state index in [2.05, 4.69) is 35.2 Å². The molecular weight excluding hydrogens is 476 g/mol. The van der Waals surface area contributed by atoms with Gasteiger partial charge in [-0.15, -0.1) is 0 Å². The van der Waals surface area contributed by atoms with Gasteiger partial charge in [0.05, 0.1) is 16.6 Å². The van der Waals surface area contributed by atoms with Crippen molar-refractivity contribution in [2.75, 3.05) is 5.32 Å². The molecule has 0 bridgehead atoms. The summed E-state index contributed by atoms with van der Waals surface area (Å²) in [5.74, 6) is -0.288. The minimum atomic E-state index is -0.943. The van der Waals surface area contributed by atoms with E-state index in [4.69, 9.17) is 16.3 Å². The molecule has 5 aromatic rings. The second-order valence-corrected chi connectivity index (χ2v) is 7.76. The molecule has 0 saturated carbocycles. The van der Waals surface area contributed by atoms with E-state index in [1.165, 1.54) is 12.4 Å². The predicted molar refractivity (Wildman–Crippen MR) is 126 cm³/mol. The highest BCUT2D eigenvalue weighted by Gasteiger charge is 2.20. The van der Waals surface area contributed by atoms with Crippen LogP contribution in [0.2, 0.25) is 5.02 Å². The van der Waals surface area contributed by atoms with E-state index in [0.717, 1.165) is 6.07 Å². The van der Waals surface area contributed by atoms with Crippen LogP contribution in [-0.4, -0.2) is 29.9 Å². The summed E-state index contributed by atoms with van der Waals surface area (Å²) in [4.78, 5) is 25.7. The lowest BCUT2D eigenvalue weighted by atomic mass is 10.1. The number of nitrogens with one attached hydrogen (secondary N) is 1. The Balaban J connectivity index is 1.65. The second-order valence-electron chi connectivity index (χ2n) is 7.38. The van der Waals surface area contributed by atoms with Gasteiger partial charge in [0.15, 0.2) is 23.6 Å². The van der Waals surface area contributed by atoms with Gasteiger partial charge in [-0.3, -0.25) is 0 Å². The van der Waals surface area contributed by atoms with Gasteiger partial charge in [-0.25, -0.2) is 38.7 Å². The number of rotatable bonds is 6. The zero-order valence-electron chi connectivity index (χ0n) is 18.2. The number of ether oxygens (including phenoxy) is 1.